The summed E-state index contributed by atoms with van der Waals surface area (Å²) >= 11 is 0. The normalized spacial score (nSPS) is 11.7. The van der Waals surface area contributed by atoms with E-state index in [1.165, 1.54) is 0 Å². The number of hydrogen-bond donors (Lipinski definition) is 0. The van der Waals surface area contributed by atoms with Crippen LogP contribution in [0, 0.1) is 14.1 Å². The average molecular weight is 600 g/mol. The van der Waals surface area contributed by atoms with Gasteiger partial charge in [-0.05, 0) is 38.4 Å². The van der Waals surface area contributed by atoms with E-state index in [2.05, 4.69) is 14.1 Å². The van der Waals surface area contributed by atoms with Crippen LogP contribution >= 0.6 is 0 Å². The number of benzene rings is 4. The molecular weight excluding hydrogens is 579 g/mol. The van der Waals surface area contributed by atoms with E-state index in [4.69, 9.17) is 29.9 Å². The summed E-state index contributed by atoms with van der Waals surface area (Å²) < 4.78 is 3.52. The van der Waals surface area contributed by atoms with Gasteiger partial charge in [0.2, 0.25) is 0 Å². The fraction of sp³-hybridized carbons (Fsp3) is 0. The maximum absolute atomic E-state index is 5.08. The molecule has 0 unspecified atom stereocenters. The van der Waals surface area contributed by atoms with Gasteiger partial charge in [0.15, 0.2) is 11.5 Å². The molecule has 0 saturated heterocycles. The number of hydrogen-bond acceptors (Lipinski definition) is 4. The minimum atomic E-state index is 0. The maximum atomic E-state index is 5.08. The molecule has 8 nitrogen and oxygen atoms in total. The molecule has 43 heavy (non-hydrogen) atoms. The van der Waals surface area contributed by atoms with Crippen molar-refractivity contribution < 1.29 is 25.9 Å². The number of fused-ring (bicyclic) bond motifs is 20. The van der Waals surface area contributed by atoms with Gasteiger partial charge >= 0.3 is 16.8 Å². The second-order valence-electron chi connectivity index (χ2n) is 10.3. The van der Waals surface area contributed by atoms with E-state index < -0.39 is 0 Å². The molecule has 3 aromatic heterocycles. The van der Waals surface area contributed by atoms with Gasteiger partial charge in [0.1, 0.15) is 0 Å². The van der Waals surface area contributed by atoms with Crippen molar-refractivity contribution in [1.82, 2.24) is 29.9 Å². The Kier molecular flexibility index (Phi) is 5.42. The Morgan fingerprint density at radius 3 is 0.884 bits per heavy atom. The molecule has 2 aliphatic rings. The van der Waals surface area contributed by atoms with E-state index in [1.807, 2.05) is 97.1 Å². The van der Waals surface area contributed by atoms with E-state index in [0.29, 0.717) is 45.9 Å². The average Bonchev–Trinajstić information content (AvgIpc) is 3.71. The van der Waals surface area contributed by atoms with Gasteiger partial charge in [-0.1, -0.05) is 111 Å². The molecule has 0 spiro atoms. The summed E-state index contributed by atoms with van der Waals surface area (Å²) in [5, 5.41) is 3.59. The monoisotopic (exact) mass is 599 g/mol. The molecule has 0 fully saturated rings. The van der Waals surface area contributed by atoms with Gasteiger partial charge in [0, 0.05) is 39.8 Å². The van der Waals surface area contributed by atoms with Crippen LogP contribution in [0.2, 0.25) is 0 Å². The molecule has 5 heterocycles. The largest absolute Gasteiger partial charge is 2.00 e. The fourth-order valence-electron chi connectivity index (χ4n) is 5.94. The molecule has 7 aromatic rings. The Hall–Kier alpha value is -5.51. The maximum Gasteiger partial charge on any atom is 2.00 e. The summed E-state index contributed by atoms with van der Waals surface area (Å²) in [7, 11) is 8.73. The van der Waals surface area contributed by atoms with E-state index in [1.54, 1.807) is 9.13 Å². The molecule has 205 valence electrons. The van der Waals surface area contributed by atoms with Gasteiger partial charge in [0.05, 0.1) is 0 Å². The first kappa shape index (κ1) is 25.2. The van der Waals surface area contributed by atoms with Crippen molar-refractivity contribution in [2.24, 2.45) is 0 Å². The number of aromatic nitrogens is 8. The summed E-state index contributed by atoms with van der Waals surface area (Å²) in [6.45, 7) is 0. The van der Waals surface area contributed by atoms with Gasteiger partial charge in [-0.2, -0.15) is 4.98 Å². The van der Waals surface area contributed by atoms with Crippen molar-refractivity contribution in [3.8, 4) is 45.6 Å². The van der Waals surface area contributed by atoms with Crippen LogP contribution in [0.15, 0.2) is 97.1 Å². The molecule has 8 bridgehead atoms. The van der Waals surface area contributed by atoms with Crippen molar-refractivity contribution in [2.45, 2.75) is 0 Å². The van der Waals surface area contributed by atoms with Crippen LogP contribution in [0.25, 0.3) is 89.7 Å². The first-order chi connectivity index (χ1) is 20.7. The minimum Gasteiger partial charge on any atom is -0.419 e. The van der Waals surface area contributed by atoms with Crippen LogP contribution in [0.3, 0.4) is 0 Å². The molecule has 2 aliphatic heterocycles. The predicted molar refractivity (Wildman–Crippen MR) is 160 cm³/mol. The number of nitrogens with zero attached hydrogens (tertiary/aromatic N) is 8. The SMILES string of the molecule is [CH2-][n+]1c2nc3[n-]c(nc4[n+]([CH2-])c(nc5[n-]c(nc1-c1ccccc1-2)c1ccccc51)-c1ccccc1-4)c1ccccc31.[Co+2]. The molecular formula is C34H20CoN8. The fourth-order valence-corrected chi connectivity index (χ4v) is 5.94. The molecule has 0 aliphatic carbocycles. The Morgan fingerprint density at radius 2 is 0.628 bits per heavy atom. The summed E-state index contributed by atoms with van der Waals surface area (Å²) in [5.74, 6) is 2.61. The first-order valence-corrected chi connectivity index (χ1v) is 13.5. The van der Waals surface area contributed by atoms with Crippen LogP contribution in [-0.4, -0.2) is 19.9 Å². The summed E-state index contributed by atoms with van der Waals surface area (Å²) in [6, 6.07) is 32.1. The van der Waals surface area contributed by atoms with Gasteiger partial charge in [0.25, 0.3) is 0 Å². The van der Waals surface area contributed by atoms with E-state index in [9.17, 15) is 0 Å². The van der Waals surface area contributed by atoms with Gasteiger partial charge in [-0.3, -0.25) is 0 Å². The zero-order chi connectivity index (χ0) is 27.9. The van der Waals surface area contributed by atoms with Crippen LogP contribution < -0.4 is 19.1 Å². The Bertz CT molecular complexity index is 2130. The third kappa shape index (κ3) is 3.55. The first-order valence-electron chi connectivity index (χ1n) is 13.5. The minimum absolute atomic E-state index is 0. The van der Waals surface area contributed by atoms with Crippen LogP contribution in [-0.2, 0) is 16.8 Å². The third-order valence-electron chi connectivity index (χ3n) is 7.93. The van der Waals surface area contributed by atoms with Gasteiger partial charge in [-0.15, -0.1) is 0 Å². The van der Waals surface area contributed by atoms with Crippen molar-refractivity contribution in [3.05, 3.63) is 111 Å². The van der Waals surface area contributed by atoms with E-state index in [0.717, 1.165) is 43.8 Å². The smallest absolute Gasteiger partial charge is 0.419 e. The molecule has 1 radical (unpaired) electrons. The van der Waals surface area contributed by atoms with Crippen molar-refractivity contribution in [1.29, 1.82) is 0 Å². The zero-order valence-corrected chi connectivity index (χ0v) is 23.6. The molecule has 0 amide bonds. The molecule has 9 heteroatoms. The van der Waals surface area contributed by atoms with Crippen LogP contribution in [0.1, 0.15) is 0 Å². The van der Waals surface area contributed by atoms with E-state index >= 15 is 0 Å². The Labute approximate surface area is 256 Å². The van der Waals surface area contributed by atoms with Crippen molar-refractivity contribution in [3.63, 3.8) is 0 Å². The van der Waals surface area contributed by atoms with Crippen molar-refractivity contribution in [2.75, 3.05) is 0 Å². The standard InChI is InChI=1S/C34H20N8.Co/c1-41-31-23-15-7-8-16-24(23)32(41)38-28-20-12-4-6-14-22(20)30(36-28)40-34-26-18-10-9-17-25(26)33(42(34)2)39-29-21-13-5-3-11-19(21)27(35-29)37-31;/h3-18H,1-2H2;/q-2;+2. The molecule has 0 saturated carbocycles. The Morgan fingerprint density at radius 1 is 0.395 bits per heavy atom. The van der Waals surface area contributed by atoms with Crippen LogP contribution in [0.4, 0.5) is 0 Å². The second kappa shape index (κ2) is 9.25. The summed E-state index contributed by atoms with van der Waals surface area (Å²) in [5.41, 5.74) is 5.93. The van der Waals surface area contributed by atoms with Gasteiger partial charge < -0.3 is 34.1 Å². The third-order valence-corrected chi connectivity index (χ3v) is 7.93. The molecule has 0 atom stereocenters. The molecule has 4 aromatic carbocycles. The van der Waals surface area contributed by atoms with Crippen molar-refractivity contribution >= 4 is 44.1 Å². The number of rotatable bonds is 0. The summed E-state index contributed by atoms with van der Waals surface area (Å²) in [6.07, 6.45) is 0. The van der Waals surface area contributed by atoms with E-state index in [-0.39, 0.29) is 16.8 Å². The summed E-state index contributed by atoms with van der Waals surface area (Å²) in [4.78, 5) is 30.2. The Balaban J connectivity index is 0.00000278. The molecule has 9 rings (SSSR count). The van der Waals surface area contributed by atoms with Crippen LogP contribution in [0.5, 0.6) is 0 Å². The topological polar surface area (TPSA) is 87.5 Å². The quantitative estimate of drug-likeness (QED) is 0.176. The van der Waals surface area contributed by atoms with Gasteiger partial charge in [-0.25, -0.2) is 0 Å². The second-order valence-corrected chi connectivity index (χ2v) is 10.3. The predicted octanol–water partition coefficient (Wildman–Crippen LogP) is 5.19. The molecule has 0 N–H and O–H groups in total. The zero-order valence-electron chi connectivity index (χ0n) is 22.6.